The molecule has 0 atom stereocenters. The third-order valence-electron chi connectivity index (χ3n) is 5.42. The zero-order valence-electron chi connectivity index (χ0n) is 18.2. The number of carbonyl (C=O) groups is 1. The van der Waals surface area contributed by atoms with E-state index in [0.29, 0.717) is 42.5 Å². The van der Waals surface area contributed by atoms with Crippen molar-refractivity contribution in [1.29, 1.82) is 0 Å². The summed E-state index contributed by atoms with van der Waals surface area (Å²) in [6.07, 6.45) is 3.36. The maximum absolute atomic E-state index is 12.2. The van der Waals surface area contributed by atoms with E-state index in [1.54, 1.807) is 24.0 Å². The van der Waals surface area contributed by atoms with Crippen LogP contribution in [-0.2, 0) is 16.1 Å². The van der Waals surface area contributed by atoms with Crippen LogP contribution in [0.5, 0.6) is 0 Å². The molecule has 168 valence electrons. The SMILES string of the molecule is C/C(=N/NC(=O)CN1CCOCC1)c1cnc2nnn(Cc3ccc4ncccc4c3)c2n1. The van der Waals surface area contributed by atoms with E-state index in [4.69, 9.17) is 4.74 Å². The predicted molar refractivity (Wildman–Crippen MR) is 122 cm³/mol. The Morgan fingerprint density at radius 3 is 2.97 bits per heavy atom. The number of pyridine rings is 1. The highest BCUT2D eigenvalue weighted by molar-refractivity contribution is 5.98. The average Bonchev–Trinajstić information content (AvgIpc) is 3.25. The molecule has 0 saturated carbocycles. The molecule has 0 aliphatic carbocycles. The fourth-order valence-electron chi connectivity index (χ4n) is 3.63. The smallest absolute Gasteiger partial charge is 0.254 e. The van der Waals surface area contributed by atoms with E-state index in [1.165, 1.54) is 0 Å². The van der Waals surface area contributed by atoms with E-state index in [9.17, 15) is 4.79 Å². The fraction of sp³-hybridized carbons (Fsp3) is 0.318. The van der Waals surface area contributed by atoms with Crippen LogP contribution < -0.4 is 5.43 Å². The number of morpholine rings is 1. The number of benzene rings is 1. The quantitative estimate of drug-likeness (QED) is 0.344. The molecule has 1 fully saturated rings. The number of ether oxygens (including phenoxy) is 1. The van der Waals surface area contributed by atoms with Crippen LogP contribution in [0.25, 0.3) is 22.2 Å². The molecule has 1 amide bonds. The van der Waals surface area contributed by atoms with Crippen molar-refractivity contribution in [2.24, 2.45) is 5.10 Å². The molecule has 3 aromatic heterocycles. The Bertz CT molecular complexity index is 1330. The lowest BCUT2D eigenvalue weighted by Crippen LogP contribution is -2.42. The monoisotopic (exact) mass is 445 g/mol. The van der Waals surface area contributed by atoms with Crippen molar-refractivity contribution in [3.8, 4) is 0 Å². The number of nitrogens with zero attached hydrogens (tertiary/aromatic N) is 8. The first-order chi connectivity index (χ1) is 16.2. The van der Waals surface area contributed by atoms with E-state index in [2.05, 4.69) is 41.9 Å². The molecular formula is C22H23N9O2. The van der Waals surface area contributed by atoms with Gasteiger partial charge in [0.2, 0.25) is 5.65 Å². The van der Waals surface area contributed by atoms with Gasteiger partial charge in [-0.15, -0.1) is 5.10 Å². The van der Waals surface area contributed by atoms with Crippen LogP contribution in [0, 0.1) is 0 Å². The normalized spacial score (nSPS) is 15.2. The third kappa shape index (κ3) is 4.83. The fourth-order valence-corrected chi connectivity index (χ4v) is 3.63. The Kier molecular flexibility index (Phi) is 5.96. The van der Waals surface area contributed by atoms with Crippen molar-refractivity contribution in [1.82, 2.24) is 40.3 Å². The van der Waals surface area contributed by atoms with Gasteiger partial charge < -0.3 is 4.74 Å². The van der Waals surface area contributed by atoms with E-state index >= 15 is 0 Å². The molecule has 0 bridgehead atoms. The maximum atomic E-state index is 12.2. The summed E-state index contributed by atoms with van der Waals surface area (Å²) in [5.74, 6) is -0.178. The van der Waals surface area contributed by atoms with Crippen LogP contribution >= 0.6 is 0 Å². The number of hydrogen-bond acceptors (Lipinski definition) is 9. The summed E-state index contributed by atoms with van der Waals surface area (Å²) < 4.78 is 7.00. The van der Waals surface area contributed by atoms with Crippen molar-refractivity contribution in [2.75, 3.05) is 32.8 Å². The minimum atomic E-state index is -0.178. The van der Waals surface area contributed by atoms with Gasteiger partial charge in [-0.1, -0.05) is 17.3 Å². The van der Waals surface area contributed by atoms with E-state index < -0.39 is 0 Å². The second-order valence-electron chi connectivity index (χ2n) is 7.80. The van der Waals surface area contributed by atoms with Gasteiger partial charge in [0, 0.05) is 24.7 Å². The number of rotatable bonds is 6. The Labute approximate surface area is 189 Å². The molecule has 0 unspecified atom stereocenters. The number of aromatic nitrogens is 6. The van der Waals surface area contributed by atoms with Gasteiger partial charge in [0.05, 0.1) is 43.7 Å². The predicted octanol–water partition coefficient (Wildman–Crippen LogP) is 0.990. The summed E-state index contributed by atoms with van der Waals surface area (Å²) >= 11 is 0. The molecule has 0 radical (unpaired) electrons. The summed E-state index contributed by atoms with van der Waals surface area (Å²) in [4.78, 5) is 27.6. The topological polar surface area (TPSA) is 123 Å². The van der Waals surface area contributed by atoms with E-state index in [0.717, 1.165) is 29.6 Å². The first-order valence-corrected chi connectivity index (χ1v) is 10.7. The van der Waals surface area contributed by atoms with Crippen LogP contribution in [0.3, 0.4) is 0 Å². The molecule has 5 rings (SSSR count). The molecule has 4 heterocycles. The van der Waals surface area contributed by atoms with Crippen LogP contribution in [0.15, 0.2) is 47.8 Å². The molecular weight excluding hydrogens is 422 g/mol. The molecule has 33 heavy (non-hydrogen) atoms. The van der Waals surface area contributed by atoms with Gasteiger partial charge in [-0.2, -0.15) is 5.10 Å². The molecule has 0 spiro atoms. The second kappa shape index (κ2) is 9.35. The van der Waals surface area contributed by atoms with Crippen LogP contribution in [-0.4, -0.2) is 79.3 Å². The summed E-state index contributed by atoms with van der Waals surface area (Å²) in [5, 5.41) is 13.6. The first-order valence-electron chi connectivity index (χ1n) is 10.7. The summed E-state index contributed by atoms with van der Waals surface area (Å²) in [6.45, 7) is 5.31. The average molecular weight is 445 g/mol. The lowest BCUT2D eigenvalue weighted by atomic mass is 10.1. The van der Waals surface area contributed by atoms with Gasteiger partial charge in [-0.25, -0.2) is 20.1 Å². The van der Waals surface area contributed by atoms with Crippen molar-refractivity contribution in [2.45, 2.75) is 13.5 Å². The zero-order valence-corrected chi connectivity index (χ0v) is 18.2. The van der Waals surface area contributed by atoms with Gasteiger partial charge in [0.1, 0.15) is 5.69 Å². The molecule has 11 heteroatoms. The van der Waals surface area contributed by atoms with Gasteiger partial charge in [-0.3, -0.25) is 14.7 Å². The van der Waals surface area contributed by atoms with Crippen LogP contribution in [0.1, 0.15) is 18.2 Å². The number of amides is 1. The summed E-state index contributed by atoms with van der Waals surface area (Å²) in [7, 11) is 0. The molecule has 1 saturated heterocycles. The van der Waals surface area contributed by atoms with Gasteiger partial charge in [0.25, 0.3) is 5.91 Å². The Morgan fingerprint density at radius 1 is 1.21 bits per heavy atom. The number of hydrazone groups is 1. The van der Waals surface area contributed by atoms with E-state index in [-0.39, 0.29) is 12.5 Å². The minimum absolute atomic E-state index is 0.178. The van der Waals surface area contributed by atoms with Gasteiger partial charge in [-0.05, 0) is 30.7 Å². The molecule has 4 aromatic rings. The molecule has 1 aliphatic heterocycles. The lowest BCUT2D eigenvalue weighted by Gasteiger charge is -2.25. The van der Waals surface area contributed by atoms with Crippen LogP contribution in [0.4, 0.5) is 0 Å². The molecule has 11 nitrogen and oxygen atoms in total. The maximum Gasteiger partial charge on any atom is 0.254 e. The lowest BCUT2D eigenvalue weighted by molar-refractivity contribution is -0.123. The molecule has 1 aliphatic rings. The summed E-state index contributed by atoms with van der Waals surface area (Å²) in [6, 6.07) is 10.0. The van der Waals surface area contributed by atoms with E-state index in [1.807, 2.05) is 29.2 Å². The number of hydrogen-bond donors (Lipinski definition) is 1. The van der Waals surface area contributed by atoms with Crippen molar-refractivity contribution >= 4 is 33.8 Å². The van der Waals surface area contributed by atoms with Crippen molar-refractivity contribution in [3.63, 3.8) is 0 Å². The Morgan fingerprint density at radius 2 is 2.09 bits per heavy atom. The molecule has 1 N–H and O–H groups in total. The zero-order chi connectivity index (χ0) is 22.6. The third-order valence-corrected chi connectivity index (χ3v) is 5.42. The minimum Gasteiger partial charge on any atom is -0.379 e. The first kappa shape index (κ1) is 21.0. The van der Waals surface area contributed by atoms with Gasteiger partial charge >= 0.3 is 0 Å². The molecule has 1 aromatic carbocycles. The Balaban J connectivity index is 1.31. The second-order valence-corrected chi connectivity index (χ2v) is 7.80. The summed E-state index contributed by atoms with van der Waals surface area (Å²) in [5.41, 5.74) is 6.67. The van der Waals surface area contributed by atoms with Crippen LogP contribution in [0.2, 0.25) is 0 Å². The number of carbonyl (C=O) groups excluding carboxylic acids is 1. The highest BCUT2D eigenvalue weighted by Gasteiger charge is 2.15. The van der Waals surface area contributed by atoms with Crippen molar-refractivity contribution < 1.29 is 9.53 Å². The Hall–Kier alpha value is -3.83. The van der Waals surface area contributed by atoms with Crippen molar-refractivity contribution in [3.05, 3.63) is 54.0 Å². The highest BCUT2D eigenvalue weighted by Crippen LogP contribution is 2.15. The largest absolute Gasteiger partial charge is 0.379 e. The number of fused-ring (bicyclic) bond motifs is 2. The highest BCUT2D eigenvalue weighted by atomic mass is 16.5. The van der Waals surface area contributed by atoms with Gasteiger partial charge in [0.15, 0.2) is 5.65 Å². The standard InChI is InChI=1S/C22H23N9O2/c1-15(26-27-20(32)14-30-7-9-33-10-8-30)19-12-24-21-22(25-19)31(29-28-21)13-16-4-5-18-17(11-16)3-2-6-23-18/h2-6,11-12H,7-10,13-14H2,1H3,(H,27,32)/b26-15-. The number of nitrogens with one attached hydrogen (secondary N) is 1.